The van der Waals surface area contributed by atoms with E-state index in [4.69, 9.17) is 11.6 Å². The standard InChI is InChI=1S/C14H21ClN2O2S/c1-3-8-16-10-11-4-7-13(9-14(11)15)20(18,19)17(2)12-5-6-12/h4,7,9,12,16H,3,5-6,8,10H2,1-2H3. The van der Waals surface area contributed by atoms with Crippen LogP contribution in [0.5, 0.6) is 0 Å². The van der Waals surface area contributed by atoms with E-state index in [1.807, 2.05) is 0 Å². The number of halogens is 1. The summed E-state index contributed by atoms with van der Waals surface area (Å²) in [5.41, 5.74) is 0.924. The van der Waals surface area contributed by atoms with Crippen LogP contribution in [0, 0.1) is 0 Å². The Labute approximate surface area is 126 Å². The minimum atomic E-state index is -3.41. The van der Waals surface area contributed by atoms with Crippen LogP contribution in [0.15, 0.2) is 23.1 Å². The van der Waals surface area contributed by atoms with Crippen molar-refractivity contribution in [2.24, 2.45) is 0 Å². The largest absolute Gasteiger partial charge is 0.313 e. The summed E-state index contributed by atoms with van der Waals surface area (Å²) >= 11 is 6.19. The Morgan fingerprint density at radius 2 is 2.10 bits per heavy atom. The summed E-state index contributed by atoms with van der Waals surface area (Å²) in [7, 11) is -1.78. The van der Waals surface area contributed by atoms with E-state index in [0.717, 1.165) is 31.4 Å². The SMILES string of the molecule is CCCNCc1ccc(S(=O)(=O)N(C)C2CC2)cc1Cl. The van der Waals surface area contributed by atoms with E-state index in [9.17, 15) is 8.42 Å². The Balaban J connectivity index is 2.15. The van der Waals surface area contributed by atoms with Crippen molar-refractivity contribution in [1.29, 1.82) is 0 Å². The summed E-state index contributed by atoms with van der Waals surface area (Å²) < 4.78 is 26.2. The maximum absolute atomic E-state index is 12.4. The van der Waals surface area contributed by atoms with Crippen molar-refractivity contribution in [3.8, 4) is 0 Å². The molecule has 0 saturated heterocycles. The van der Waals surface area contributed by atoms with Crippen molar-refractivity contribution in [2.45, 2.75) is 43.7 Å². The Kier molecular flexibility index (Phi) is 5.07. The van der Waals surface area contributed by atoms with Gasteiger partial charge in [-0.05, 0) is 43.5 Å². The van der Waals surface area contributed by atoms with E-state index in [0.29, 0.717) is 11.6 Å². The van der Waals surface area contributed by atoms with Gasteiger partial charge in [0, 0.05) is 24.7 Å². The van der Waals surface area contributed by atoms with Crippen LogP contribution in [0.2, 0.25) is 5.02 Å². The van der Waals surface area contributed by atoms with Crippen LogP contribution in [0.4, 0.5) is 0 Å². The molecule has 0 aliphatic heterocycles. The number of hydrogen-bond donors (Lipinski definition) is 1. The lowest BCUT2D eigenvalue weighted by molar-refractivity contribution is 0.464. The molecule has 112 valence electrons. The van der Waals surface area contributed by atoms with Crippen LogP contribution in [0.1, 0.15) is 31.7 Å². The van der Waals surface area contributed by atoms with Gasteiger partial charge in [-0.2, -0.15) is 4.31 Å². The summed E-state index contributed by atoms with van der Waals surface area (Å²) in [6.45, 7) is 3.67. The van der Waals surface area contributed by atoms with Crippen LogP contribution in [-0.2, 0) is 16.6 Å². The first-order valence-corrected chi connectivity index (χ1v) is 8.75. The van der Waals surface area contributed by atoms with Gasteiger partial charge in [0.05, 0.1) is 4.90 Å². The first-order valence-electron chi connectivity index (χ1n) is 6.94. The minimum absolute atomic E-state index is 0.157. The van der Waals surface area contributed by atoms with Gasteiger partial charge in [0.1, 0.15) is 0 Å². The molecule has 1 aliphatic carbocycles. The Morgan fingerprint density at radius 3 is 2.65 bits per heavy atom. The van der Waals surface area contributed by atoms with Gasteiger partial charge in [-0.25, -0.2) is 8.42 Å². The Hall–Kier alpha value is -0.620. The third-order valence-electron chi connectivity index (χ3n) is 3.50. The summed E-state index contributed by atoms with van der Waals surface area (Å²) in [4.78, 5) is 0.274. The van der Waals surface area contributed by atoms with Crippen LogP contribution in [0.25, 0.3) is 0 Å². The number of hydrogen-bond acceptors (Lipinski definition) is 3. The second-order valence-electron chi connectivity index (χ2n) is 5.18. The molecule has 0 amide bonds. The van der Waals surface area contributed by atoms with Crippen LogP contribution in [-0.4, -0.2) is 32.4 Å². The molecule has 0 atom stereocenters. The fraction of sp³-hybridized carbons (Fsp3) is 0.571. The molecule has 2 rings (SSSR count). The fourth-order valence-electron chi connectivity index (χ4n) is 2.03. The summed E-state index contributed by atoms with van der Waals surface area (Å²) in [5.74, 6) is 0. The molecule has 1 N–H and O–H groups in total. The zero-order chi connectivity index (χ0) is 14.8. The first-order chi connectivity index (χ1) is 9.46. The van der Waals surface area contributed by atoms with Gasteiger partial charge in [-0.1, -0.05) is 24.6 Å². The van der Waals surface area contributed by atoms with Crippen LogP contribution >= 0.6 is 11.6 Å². The van der Waals surface area contributed by atoms with Gasteiger partial charge in [-0.15, -0.1) is 0 Å². The third-order valence-corrected chi connectivity index (χ3v) is 5.76. The van der Waals surface area contributed by atoms with E-state index >= 15 is 0 Å². The number of nitrogens with zero attached hydrogens (tertiary/aromatic N) is 1. The highest BCUT2D eigenvalue weighted by atomic mass is 35.5. The highest BCUT2D eigenvalue weighted by Crippen LogP contribution is 2.31. The van der Waals surface area contributed by atoms with Crippen molar-refractivity contribution in [3.63, 3.8) is 0 Å². The first kappa shape index (κ1) is 15.8. The lowest BCUT2D eigenvalue weighted by Gasteiger charge is -2.17. The van der Waals surface area contributed by atoms with Crippen LogP contribution in [0.3, 0.4) is 0 Å². The number of benzene rings is 1. The second-order valence-corrected chi connectivity index (χ2v) is 7.59. The zero-order valence-electron chi connectivity index (χ0n) is 11.9. The highest BCUT2D eigenvalue weighted by molar-refractivity contribution is 7.89. The summed E-state index contributed by atoms with van der Waals surface area (Å²) in [6.07, 6.45) is 2.95. The average molecular weight is 317 g/mol. The maximum Gasteiger partial charge on any atom is 0.243 e. The van der Waals surface area contributed by atoms with E-state index in [-0.39, 0.29) is 10.9 Å². The Morgan fingerprint density at radius 1 is 1.40 bits per heavy atom. The summed E-state index contributed by atoms with van der Waals surface area (Å²) in [6, 6.07) is 5.14. The molecule has 0 radical (unpaired) electrons. The smallest absolute Gasteiger partial charge is 0.243 e. The van der Waals surface area contributed by atoms with Crippen molar-refractivity contribution in [3.05, 3.63) is 28.8 Å². The normalized spacial score (nSPS) is 15.8. The van der Waals surface area contributed by atoms with Gasteiger partial charge >= 0.3 is 0 Å². The zero-order valence-corrected chi connectivity index (χ0v) is 13.5. The highest BCUT2D eigenvalue weighted by Gasteiger charge is 2.35. The monoisotopic (exact) mass is 316 g/mol. The molecule has 0 bridgehead atoms. The molecule has 0 spiro atoms. The van der Waals surface area contributed by atoms with Gasteiger partial charge in [-0.3, -0.25) is 0 Å². The van der Waals surface area contributed by atoms with Crippen molar-refractivity contribution < 1.29 is 8.42 Å². The predicted molar refractivity (Wildman–Crippen MR) is 81.4 cm³/mol. The van der Waals surface area contributed by atoms with Crippen molar-refractivity contribution in [2.75, 3.05) is 13.6 Å². The number of nitrogens with one attached hydrogen (secondary N) is 1. The lowest BCUT2D eigenvalue weighted by atomic mass is 10.2. The summed E-state index contributed by atoms with van der Waals surface area (Å²) in [5, 5.41) is 3.76. The molecule has 0 unspecified atom stereocenters. The third kappa shape index (κ3) is 3.52. The van der Waals surface area contributed by atoms with Crippen LogP contribution < -0.4 is 5.32 Å². The molecule has 1 saturated carbocycles. The van der Waals surface area contributed by atoms with Gasteiger partial charge < -0.3 is 5.32 Å². The van der Waals surface area contributed by atoms with Crippen molar-refractivity contribution in [1.82, 2.24) is 9.62 Å². The van der Waals surface area contributed by atoms with Gasteiger partial charge in [0.15, 0.2) is 0 Å². The molecule has 1 aromatic carbocycles. The molecular weight excluding hydrogens is 296 g/mol. The number of sulfonamides is 1. The Bertz CT molecular complexity index is 571. The lowest BCUT2D eigenvalue weighted by Crippen LogP contribution is -2.29. The van der Waals surface area contributed by atoms with Crippen molar-refractivity contribution >= 4 is 21.6 Å². The fourth-order valence-corrected chi connectivity index (χ4v) is 3.79. The molecule has 1 aromatic rings. The molecular formula is C14H21ClN2O2S. The van der Waals surface area contributed by atoms with Gasteiger partial charge in [0.2, 0.25) is 10.0 Å². The quantitative estimate of drug-likeness (QED) is 0.787. The molecule has 4 nitrogen and oxygen atoms in total. The van der Waals surface area contributed by atoms with Gasteiger partial charge in [0.25, 0.3) is 0 Å². The molecule has 20 heavy (non-hydrogen) atoms. The molecule has 1 fully saturated rings. The maximum atomic E-state index is 12.4. The molecule has 0 aromatic heterocycles. The van der Waals surface area contributed by atoms with E-state index < -0.39 is 10.0 Å². The second kappa shape index (κ2) is 6.43. The topological polar surface area (TPSA) is 49.4 Å². The molecule has 0 heterocycles. The van der Waals surface area contributed by atoms with E-state index in [2.05, 4.69) is 12.2 Å². The molecule has 6 heteroatoms. The number of rotatable bonds is 7. The molecule has 1 aliphatic rings. The average Bonchev–Trinajstić information content (AvgIpc) is 3.24. The minimum Gasteiger partial charge on any atom is -0.313 e. The van der Waals surface area contributed by atoms with E-state index in [1.54, 1.807) is 25.2 Å². The van der Waals surface area contributed by atoms with E-state index in [1.165, 1.54) is 4.31 Å². The predicted octanol–water partition coefficient (Wildman–Crippen LogP) is 2.62.